The number of hydrogen-bond acceptors (Lipinski definition) is 7. The minimum Gasteiger partial charge on any atom is -0.324 e. The highest BCUT2D eigenvalue weighted by atomic mass is 35.5. The van der Waals surface area contributed by atoms with E-state index in [2.05, 4.69) is 15.3 Å². The predicted molar refractivity (Wildman–Crippen MR) is 115 cm³/mol. The van der Waals surface area contributed by atoms with Crippen LogP contribution in [0.25, 0.3) is 0 Å². The van der Waals surface area contributed by atoms with E-state index in [1.807, 2.05) is 12.1 Å². The molecule has 8 nitrogen and oxygen atoms in total. The molecule has 0 spiro atoms. The fraction of sp³-hybridized carbons (Fsp3) is 0.158. The maximum atomic E-state index is 13.7. The molecular formula is C19H17ClFN5O3P+. The summed E-state index contributed by atoms with van der Waals surface area (Å²) in [5, 5.41) is 13.9. The van der Waals surface area contributed by atoms with E-state index in [1.165, 1.54) is 10.6 Å². The van der Waals surface area contributed by atoms with E-state index in [-0.39, 0.29) is 5.95 Å². The molecule has 1 N–H and O–H groups in total. The van der Waals surface area contributed by atoms with E-state index in [9.17, 15) is 19.1 Å². The number of nitrogens with one attached hydrogen (secondary N) is 1. The fourth-order valence-electron chi connectivity index (χ4n) is 2.74. The number of aromatic nitrogens is 2. The maximum absolute atomic E-state index is 13.7. The van der Waals surface area contributed by atoms with E-state index in [0.29, 0.717) is 28.9 Å². The maximum Gasteiger partial charge on any atom is 0.340 e. The molecule has 0 saturated carbocycles. The molecule has 0 radical (unpaired) electrons. The van der Waals surface area contributed by atoms with Crippen molar-refractivity contribution in [3.05, 3.63) is 75.7 Å². The molecule has 0 aliphatic carbocycles. The summed E-state index contributed by atoms with van der Waals surface area (Å²) in [6, 6.07) is 11.0. The summed E-state index contributed by atoms with van der Waals surface area (Å²) in [6.07, 6.45) is 1.91. The second-order valence-corrected chi connectivity index (χ2v) is 8.39. The predicted octanol–water partition coefficient (Wildman–Crippen LogP) is 5.83. The Hall–Kier alpha value is -3.16. The zero-order valence-corrected chi connectivity index (χ0v) is 17.7. The normalized spacial score (nSPS) is 11.1. The van der Waals surface area contributed by atoms with Crippen LogP contribution in [0.2, 0.25) is 0 Å². The van der Waals surface area contributed by atoms with Crippen molar-refractivity contribution >= 4 is 48.4 Å². The summed E-state index contributed by atoms with van der Waals surface area (Å²) in [7, 11) is -1.33. The Labute approximate surface area is 177 Å². The van der Waals surface area contributed by atoms with Gasteiger partial charge in [0, 0.05) is 35.7 Å². The van der Waals surface area contributed by atoms with Crippen molar-refractivity contribution in [2.45, 2.75) is 13.1 Å². The number of aryl methyl sites for hydroxylation is 1. The topological polar surface area (TPSA) is 101 Å². The Morgan fingerprint density at radius 1 is 1.30 bits per heavy atom. The highest BCUT2D eigenvalue weighted by Crippen LogP contribution is 2.31. The van der Waals surface area contributed by atoms with Gasteiger partial charge in [0.1, 0.15) is 6.66 Å². The molecule has 11 heteroatoms. The van der Waals surface area contributed by atoms with Crippen molar-refractivity contribution in [1.82, 2.24) is 9.97 Å². The number of nitro groups is 1. The largest absolute Gasteiger partial charge is 0.340 e. The standard InChI is InChI=1S/C19H17ClFN5O3P/c1-12-8-15(21)17(26(27)28)10-16(12)23-19-22-7-6-18(24-19)25(20)14-5-3-4-13(9-14)11-30(2)29/h3-10H,11H2,1-2H3,(H,22,23,24)/q+1. The molecular weight excluding hydrogens is 432 g/mol. The Kier molecular flexibility index (Phi) is 6.54. The van der Waals surface area contributed by atoms with Crippen LogP contribution in [0, 0.1) is 22.9 Å². The van der Waals surface area contributed by atoms with Crippen molar-refractivity contribution in [3.8, 4) is 0 Å². The van der Waals surface area contributed by atoms with Gasteiger partial charge in [0.15, 0.2) is 12.0 Å². The Morgan fingerprint density at radius 3 is 2.77 bits per heavy atom. The molecule has 2 aromatic carbocycles. The second-order valence-electron chi connectivity index (χ2n) is 6.48. The van der Waals surface area contributed by atoms with E-state index in [0.717, 1.165) is 17.7 Å². The highest BCUT2D eigenvalue weighted by molar-refractivity contribution is 7.42. The van der Waals surface area contributed by atoms with Crippen LogP contribution in [0.15, 0.2) is 48.7 Å². The molecule has 1 atom stereocenters. The van der Waals surface area contributed by atoms with Crippen LogP contribution < -0.4 is 9.74 Å². The smallest absolute Gasteiger partial charge is 0.324 e. The van der Waals surface area contributed by atoms with Gasteiger partial charge >= 0.3 is 13.5 Å². The van der Waals surface area contributed by atoms with E-state index in [1.54, 1.807) is 31.8 Å². The van der Waals surface area contributed by atoms with Crippen molar-refractivity contribution in [3.63, 3.8) is 0 Å². The van der Waals surface area contributed by atoms with Crippen LogP contribution in [0.4, 0.5) is 33.2 Å². The Morgan fingerprint density at radius 2 is 2.07 bits per heavy atom. The van der Waals surface area contributed by atoms with Gasteiger partial charge in [-0.25, -0.2) is 9.40 Å². The first-order valence-electron chi connectivity index (χ1n) is 8.72. The second kappa shape index (κ2) is 9.11. The number of rotatable bonds is 7. The van der Waals surface area contributed by atoms with Gasteiger partial charge in [-0.15, -0.1) is 0 Å². The van der Waals surface area contributed by atoms with E-state index in [4.69, 9.17) is 11.8 Å². The molecule has 3 aromatic rings. The zero-order chi connectivity index (χ0) is 21.8. The monoisotopic (exact) mass is 448 g/mol. The molecule has 1 aromatic heterocycles. The summed E-state index contributed by atoms with van der Waals surface area (Å²) >= 11 is 6.44. The third-order valence-corrected chi connectivity index (χ3v) is 5.30. The minimum atomic E-state index is -1.33. The van der Waals surface area contributed by atoms with E-state index >= 15 is 0 Å². The summed E-state index contributed by atoms with van der Waals surface area (Å²) in [6.45, 7) is 3.27. The van der Waals surface area contributed by atoms with Crippen molar-refractivity contribution in [1.29, 1.82) is 0 Å². The van der Waals surface area contributed by atoms with Crippen LogP contribution >= 0.6 is 19.6 Å². The average Bonchev–Trinajstić information content (AvgIpc) is 2.69. The first-order valence-corrected chi connectivity index (χ1v) is 11.0. The molecule has 0 bridgehead atoms. The van der Waals surface area contributed by atoms with Crippen molar-refractivity contribution < 1.29 is 13.9 Å². The van der Waals surface area contributed by atoms with Gasteiger partial charge < -0.3 is 5.32 Å². The fourth-order valence-corrected chi connectivity index (χ4v) is 3.65. The van der Waals surface area contributed by atoms with Gasteiger partial charge in [-0.1, -0.05) is 16.7 Å². The molecule has 3 rings (SSSR count). The van der Waals surface area contributed by atoms with Crippen LogP contribution in [0.5, 0.6) is 0 Å². The lowest BCUT2D eigenvalue weighted by atomic mass is 10.1. The van der Waals surface area contributed by atoms with Gasteiger partial charge in [0.2, 0.25) is 11.8 Å². The average molecular weight is 449 g/mol. The Balaban J connectivity index is 1.87. The molecule has 154 valence electrons. The summed E-state index contributed by atoms with van der Waals surface area (Å²) in [5.41, 5.74) is 1.61. The summed E-state index contributed by atoms with van der Waals surface area (Å²) < 4.78 is 26.6. The third-order valence-electron chi connectivity index (χ3n) is 4.12. The SMILES string of the molecule is Cc1cc(F)c([N+](=O)[O-])cc1Nc1nccc(N(Cl)c2cccc(C[P+](C)=O)c2)n1. The third kappa shape index (κ3) is 5.06. The van der Waals surface area contributed by atoms with Gasteiger partial charge in [0.25, 0.3) is 0 Å². The van der Waals surface area contributed by atoms with Crippen LogP contribution in [0.1, 0.15) is 11.1 Å². The van der Waals surface area contributed by atoms with Gasteiger partial charge in [-0.2, -0.15) is 9.37 Å². The quantitative estimate of drug-likeness (QED) is 0.210. The van der Waals surface area contributed by atoms with Crippen LogP contribution in [-0.2, 0) is 10.7 Å². The lowest BCUT2D eigenvalue weighted by Gasteiger charge is -2.16. The van der Waals surface area contributed by atoms with Crippen LogP contribution in [-0.4, -0.2) is 21.6 Å². The molecule has 0 aliphatic rings. The number of nitro benzene ring substituents is 1. The number of halogens is 2. The summed E-state index contributed by atoms with van der Waals surface area (Å²) in [5.74, 6) is -0.435. The van der Waals surface area contributed by atoms with E-state index < -0.39 is 24.2 Å². The number of nitrogens with zero attached hydrogens (tertiary/aromatic N) is 4. The molecule has 1 heterocycles. The lowest BCUT2D eigenvalue weighted by Crippen LogP contribution is -2.07. The van der Waals surface area contributed by atoms with Gasteiger partial charge in [-0.05, 0) is 30.7 Å². The highest BCUT2D eigenvalue weighted by Gasteiger charge is 2.18. The van der Waals surface area contributed by atoms with Gasteiger partial charge in [0.05, 0.1) is 16.3 Å². The number of anilines is 4. The van der Waals surface area contributed by atoms with Gasteiger partial charge in [-0.3, -0.25) is 10.1 Å². The first kappa shape index (κ1) is 21.5. The zero-order valence-electron chi connectivity index (χ0n) is 16.0. The summed E-state index contributed by atoms with van der Waals surface area (Å²) in [4.78, 5) is 18.6. The first-order chi connectivity index (χ1) is 14.2. The van der Waals surface area contributed by atoms with Crippen molar-refractivity contribution in [2.75, 3.05) is 16.4 Å². The minimum absolute atomic E-state index is 0.134. The molecule has 30 heavy (non-hydrogen) atoms. The van der Waals surface area contributed by atoms with Crippen LogP contribution in [0.3, 0.4) is 0 Å². The number of hydrogen-bond donors (Lipinski definition) is 1. The molecule has 0 fully saturated rings. The Bertz CT molecular complexity index is 1130. The molecule has 0 aliphatic heterocycles. The molecule has 1 unspecified atom stereocenters. The van der Waals surface area contributed by atoms with Crippen molar-refractivity contribution in [2.24, 2.45) is 0 Å². The molecule has 0 amide bonds. The lowest BCUT2D eigenvalue weighted by molar-refractivity contribution is -0.387. The molecule has 0 saturated heterocycles. The number of benzene rings is 2.